The highest BCUT2D eigenvalue weighted by Crippen LogP contribution is 2.13. The van der Waals surface area contributed by atoms with Crippen LogP contribution in [0.4, 0.5) is 5.69 Å². The van der Waals surface area contributed by atoms with Crippen LogP contribution in [0.1, 0.15) is 30.6 Å². The van der Waals surface area contributed by atoms with Crippen molar-refractivity contribution in [3.05, 3.63) is 29.8 Å². The minimum absolute atomic E-state index is 0.0176. The lowest BCUT2D eigenvalue weighted by Crippen LogP contribution is -2.54. The second-order valence-corrected chi connectivity index (χ2v) is 6.07. The zero-order valence-corrected chi connectivity index (χ0v) is 13.9. The molecular formula is C17H25N3O3. The lowest BCUT2D eigenvalue weighted by molar-refractivity contribution is -0.118. The average molecular weight is 319 g/mol. The van der Waals surface area contributed by atoms with E-state index >= 15 is 0 Å². The lowest BCUT2D eigenvalue weighted by atomic mass is 10.0. The zero-order chi connectivity index (χ0) is 16.8. The van der Waals surface area contributed by atoms with Crippen LogP contribution in [0, 0.1) is 5.92 Å². The van der Waals surface area contributed by atoms with Crippen molar-refractivity contribution in [1.82, 2.24) is 10.6 Å². The van der Waals surface area contributed by atoms with E-state index in [0.717, 1.165) is 13.0 Å². The van der Waals surface area contributed by atoms with Gasteiger partial charge in [0.15, 0.2) is 0 Å². The van der Waals surface area contributed by atoms with Crippen LogP contribution < -0.4 is 16.0 Å². The number of amides is 2. The Morgan fingerprint density at radius 3 is 2.83 bits per heavy atom. The van der Waals surface area contributed by atoms with E-state index in [4.69, 9.17) is 4.74 Å². The van der Waals surface area contributed by atoms with Crippen molar-refractivity contribution >= 4 is 17.5 Å². The molecule has 1 aromatic rings. The second-order valence-electron chi connectivity index (χ2n) is 6.07. The van der Waals surface area contributed by atoms with Crippen LogP contribution in [-0.4, -0.2) is 44.2 Å². The molecule has 126 valence electrons. The molecule has 3 N–H and O–H groups in total. The Morgan fingerprint density at radius 2 is 2.13 bits per heavy atom. The smallest absolute Gasteiger partial charge is 0.251 e. The molecule has 0 bridgehead atoms. The largest absolute Gasteiger partial charge is 0.379 e. The Balaban J connectivity index is 2.03. The fourth-order valence-corrected chi connectivity index (χ4v) is 2.54. The summed E-state index contributed by atoms with van der Waals surface area (Å²) in [5, 5.41) is 9.06. The molecule has 0 aromatic heterocycles. The maximum atomic E-state index is 12.4. The SMILES string of the molecule is CO[C@@H]1CCNC[C@@H]1NC(=O)c1cccc(NC(=O)C(C)C)c1. The van der Waals surface area contributed by atoms with Crippen LogP contribution >= 0.6 is 0 Å². The number of ether oxygens (including phenoxy) is 1. The van der Waals surface area contributed by atoms with Crippen LogP contribution in [-0.2, 0) is 9.53 Å². The maximum absolute atomic E-state index is 12.4. The van der Waals surface area contributed by atoms with Gasteiger partial charge in [-0.1, -0.05) is 19.9 Å². The van der Waals surface area contributed by atoms with E-state index in [0.29, 0.717) is 17.8 Å². The third-order valence-corrected chi connectivity index (χ3v) is 3.95. The standard InChI is InChI=1S/C17H25N3O3/c1-11(2)16(21)19-13-6-4-5-12(9-13)17(22)20-14-10-18-8-7-15(14)23-3/h4-6,9,11,14-15,18H,7-8,10H2,1-3H3,(H,19,21)(H,20,22)/t14-,15+/m0/s1. The summed E-state index contributed by atoms with van der Waals surface area (Å²) in [5.74, 6) is -0.344. The Morgan fingerprint density at radius 1 is 1.35 bits per heavy atom. The number of methoxy groups -OCH3 is 1. The molecule has 0 aliphatic carbocycles. The van der Waals surface area contributed by atoms with Crippen molar-refractivity contribution in [3.8, 4) is 0 Å². The number of anilines is 1. The summed E-state index contributed by atoms with van der Waals surface area (Å²) in [6, 6.07) is 6.90. The van der Waals surface area contributed by atoms with Crippen LogP contribution in [0.2, 0.25) is 0 Å². The van der Waals surface area contributed by atoms with E-state index < -0.39 is 0 Å². The van der Waals surface area contributed by atoms with Gasteiger partial charge in [-0.05, 0) is 31.2 Å². The molecule has 2 atom stereocenters. The molecule has 23 heavy (non-hydrogen) atoms. The van der Waals surface area contributed by atoms with Crippen molar-refractivity contribution in [3.63, 3.8) is 0 Å². The summed E-state index contributed by atoms with van der Waals surface area (Å²) in [5.41, 5.74) is 1.15. The molecule has 1 fully saturated rings. The van der Waals surface area contributed by atoms with Gasteiger partial charge < -0.3 is 20.7 Å². The molecule has 2 rings (SSSR count). The van der Waals surface area contributed by atoms with E-state index in [2.05, 4.69) is 16.0 Å². The first kappa shape index (κ1) is 17.4. The minimum atomic E-state index is -0.165. The third kappa shape index (κ3) is 4.77. The van der Waals surface area contributed by atoms with E-state index in [1.807, 2.05) is 13.8 Å². The van der Waals surface area contributed by atoms with Gasteiger partial charge in [0, 0.05) is 30.8 Å². The number of rotatable bonds is 5. The molecule has 6 nitrogen and oxygen atoms in total. The van der Waals surface area contributed by atoms with Crippen molar-refractivity contribution < 1.29 is 14.3 Å². The number of benzene rings is 1. The van der Waals surface area contributed by atoms with Gasteiger partial charge in [0.25, 0.3) is 5.91 Å². The van der Waals surface area contributed by atoms with E-state index in [9.17, 15) is 9.59 Å². The van der Waals surface area contributed by atoms with E-state index in [1.54, 1.807) is 31.4 Å². The van der Waals surface area contributed by atoms with Crippen LogP contribution in [0.5, 0.6) is 0 Å². The molecule has 2 amide bonds. The molecule has 0 saturated carbocycles. The maximum Gasteiger partial charge on any atom is 0.251 e. The average Bonchev–Trinajstić information content (AvgIpc) is 2.55. The van der Waals surface area contributed by atoms with E-state index in [-0.39, 0.29) is 29.9 Å². The van der Waals surface area contributed by atoms with Crippen LogP contribution in [0.25, 0.3) is 0 Å². The molecule has 1 aliphatic heterocycles. The van der Waals surface area contributed by atoms with Gasteiger partial charge in [-0.3, -0.25) is 9.59 Å². The molecule has 1 aliphatic rings. The number of carbonyl (C=O) groups is 2. The summed E-state index contributed by atoms with van der Waals surface area (Å²) < 4.78 is 5.43. The second kappa shape index (κ2) is 8.08. The van der Waals surface area contributed by atoms with Gasteiger partial charge in [-0.2, -0.15) is 0 Å². The number of hydrogen-bond donors (Lipinski definition) is 3. The van der Waals surface area contributed by atoms with Crippen molar-refractivity contribution in [2.75, 3.05) is 25.5 Å². The number of carbonyl (C=O) groups excluding carboxylic acids is 2. The van der Waals surface area contributed by atoms with Crippen molar-refractivity contribution in [1.29, 1.82) is 0 Å². The molecule has 1 saturated heterocycles. The quantitative estimate of drug-likeness (QED) is 0.766. The first-order valence-electron chi connectivity index (χ1n) is 7.96. The summed E-state index contributed by atoms with van der Waals surface area (Å²) in [6.07, 6.45) is 0.885. The Labute approximate surface area is 137 Å². The van der Waals surface area contributed by atoms with Crippen LogP contribution in [0.3, 0.4) is 0 Å². The molecule has 1 aromatic carbocycles. The Kier molecular flexibility index (Phi) is 6.12. The van der Waals surface area contributed by atoms with Gasteiger partial charge >= 0.3 is 0 Å². The summed E-state index contributed by atoms with van der Waals surface area (Å²) in [7, 11) is 1.66. The monoisotopic (exact) mass is 319 g/mol. The van der Waals surface area contributed by atoms with Crippen LogP contribution in [0.15, 0.2) is 24.3 Å². The minimum Gasteiger partial charge on any atom is -0.379 e. The zero-order valence-electron chi connectivity index (χ0n) is 13.9. The predicted octanol–water partition coefficient (Wildman–Crippen LogP) is 1.39. The van der Waals surface area contributed by atoms with Gasteiger partial charge in [0.2, 0.25) is 5.91 Å². The van der Waals surface area contributed by atoms with Gasteiger partial charge in [0.1, 0.15) is 0 Å². The fraction of sp³-hybridized carbons (Fsp3) is 0.529. The molecule has 1 heterocycles. The van der Waals surface area contributed by atoms with Crippen molar-refractivity contribution in [2.45, 2.75) is 32.4 Å². The highest BCUT2D eigenvalue weighted by Gasteiger charge is 2.26. The predicted molar refractivity (Wildman–Crippen MR) is 89.4 cm³/mol. The lowest BCUT2D eigenvalue weighted by Gasteiger charge is -2.31. The number of hydrogen-bond acceptors (Lipinski definition) is 4. The highest BCUT2D eigenvalue weighted by atomic mass is 16.5. The topological polar surface area (TPSA) is 79.5 Å². The third-order valence-electron chi connectivity index (χ3n) is 3.95. The number of nitrogens with one attached hydrogen (secondary N) is 3. The summed E-state index contributed by atoms with van der Waals surface area (Å²) in [4.78, 5) is 24.2. The summed E-state index contributed by atoms with van der Waals surface area (Å²) >= 11 is 0. The normalized spacial score (nSPS) is 21.0. The van der Waals surface area contributed by atoms with Gasteiger partial charge in [-0.25, -0.2) is 0 Å². The number of piperidine rings is 1. The molecular weight excluding hydrogens is 294 g/mol. The molecule has 6 heteroatoms. The summed E-state index contributed by atoms with van der Waals surface area (Å²) in [6.45, 7) is 5.23. The molecule has 0 unspecified atom stereocenters. The van der Waals surface area contributed by atoms with Gasteiger partial charge in [-0.15, -0.1) is 0 Å². The fourth-order valence-electron chi connectivity index (χ4n) is 2.54. The first-order valence-corrected chi connectivity index (χ1v) is 7.96. The Bertz CT molecular complexity index is 560. The van der Waals surface area contributed by atoms with Gasteiger partial charge in [0.05, 0.1) is 12.1 Å². The van der Waals surface area contributed by atoms with E-state index in [1.165, 1.54) is 0 Å². The Hall–Kier alpha value is -1.92. The molecule has 0 radical (unpaired) electrons. The van der Waals surface area contributed by atoms with Crippen molar-refractivity contribution in [2.24, 2.45) is 5.92 Å². The first-order chi connectivity index (χ1) is 11.0. The highest BCUT2D eigenvalue weighted by molar-refractivity contribution is 5.97. The molecule has 0 spiro atoms.